The van der Waals surface area contributed by atoms with Gasteiger partial charge < -0.3 is 0 Å². The van der Waals surface area contributed by atoms with Gasteiger partial charge in [-0.25, -0.2) is 13.4 Å². The van der Waals surface area contributed by atoms with Gasteiger partial charge in [-0.15, -0.1) is 0 Å². The van der Waals surface area contributed by atoms with Gasteiger partial charge in [-0.05, 0) is 47.9 Å². The highest BCUT2D eigenvalue weighted by Crippen LogP contribution is 2.34. The Labute approximate surface area is 197 Å². The zero-order valence-corrected chi connectivity index (χ0v) is 20.2. The summed E-state index contributed by atoms with van der Waals surface area (Å²) in [6.07, 6.45) is 2.77. The van der Waals surface area contributed by atoms with E-state index < -0.39 is 15.9 Å². The van der Waals surface area contributed by atoms with Crippen LogP contribution in [0, 0.1) is 0 Å². The Morgan fingerprint density at radius 3 is 2.39 bits per heavy atom. The molecule has 7 nitrogen and oxygen atoms in total. The van der Waals surface area contributed by atoms with Gasteiger partial charge in [0, 0.05) is 19.4 Å². The summed E-state index contributed by atoms with van der Waals surface area (Å²) in [4.78, 5) is 23.5. The maximum absolute atomic E-state index is 13.5. The number of benzene rings is 2. The highest BCUT2D eigenvalue weighted by Gasteiger charge is 2.28. The lowest BCUT2D eigenvalue weighted by molar-refractivity contribution is -0.117. The molecule has 4 rings (SSSR count). The fourth-order valence-corrected chi connectivity index (χ4v) is 5.44. The highest BCUT2D eigenvalue weighted by atomic mass is 32.2. The molecule has 0 N–H and O–H groups in total. The number of aromatic nitrogens is 2. The highest BCUT2D eigenvalue weighted by molar-refractivity contribution is 7.89. The predicted molar refractivity (Wildman–Crippen MR) is 131 cm³/mol. The number of fused-ring (bicyclic) bond motifs is 1. The summed E-state index contributed by atoms with van der Waals surface area (Å²) in [5, 5.41) is 0.491. The fourth-order valence-electron chi connectivity index (χ4n) is 3.35. The van der Waals surface area contributed by atoms with Crippen LogP contribution in [0.5, 0.6) is 0 Å². The number of thiazole rings is 1. The zero-order chi connectivity index (χ0) is 23.6. The average molecular weight is 481 g/mol. The second kappa shape index (κ2) is 9.38. The molecule has 0 aliphatic carbocycles. The van der Waals surface area contributed by atoms with E-state index in [1.165, 1.54) is 41.7 Å². The molecule has 2 aromatic carbocycles. The molecule has 0 unspecified atom stereocenters. The van der Waals surface area contributed by atoms with Gasteiger partial charge in [-0.3, -0.25) is 14.7 Å². The topological polar surface area (TPSA) is 83.5 Å². The number of amides is 1. The number of hydrogen-bond acceptors (Lipinski definition) is 6. The zero-order valence-electron chi connectivity index (χ0n) is 18.5. The van der Waals surface area contributed by atoms with Crippen LogP contribution in [-0.2, 0) is 14.8 Å². The Morgan fingerprint density at radius 1 is 1.03 bits per heavy atom. The second-order valence-corrected chi connectivity index (χ2v) is 10.9. The number of nitrogens with zero attached hydrogens (tertiary/aromatic N) is 4. The lowest BCUT2D eigenvalue weighted by Crippen LogP contribution is -2.39. The van der Waals surface area contributed by atoms with Crippen molar-refractivity contribution in [1.29, 1.82) is 0 Å². The van der Waals surface area contributed by atoms with Crippen LogP contribution in [0.2, 0.25) is 0 Å². The van der Waals surface area contributed by atoms with Gasteiger partial charge in [0.25, 0.3) is 0 Å². The van der Waals surface area contributed by atoms with E-state index in [0.29, 0.717) is 16.7 Å². The van der Waals surface area contributed by atoms with E-state index in [1.807, 2.05) is 48.5 Å². The molecule has 0 atom stereocenters. The number of pyridine rings is 1. The minimum absolute atomic E-state index is 0.0353. The number of likely N-dealkylation sites (N-methyl/N-ethyl adjacent to an activating group) is 1. The van der Waals surface area contributed by atoms with Crippen molar-refractivity contribution >= 4 is 48.3 Å². The molecule has 0 aliphatic rings. The van der Waals surface area contributed by atoms with E-state index in [1.54, 1.807) is 6.07 Å². The summed E-state index contributed by atoms with van der Waals surface area (Å²) in [6, 6.07) is 18.3. The van der Waals surface area contributed by atoms with Crippen LogP contribution >= 0.6 is 11.3 Å². The molecular formula is C24H24N4O3S2. The summed E-state index contributed by atoms with van der Waals surface area (Å²) in [5.41, 5.74) is 2.56. The van der Waals surface area contributed by atoms with Crippen molar-refractivity contribution in [3.8, 4) is 0 Å². The van der Waals surface area contributed by atoms with Gasteiger partial charge in [0.1, 0.15) is 4.90 Å². The van der Waals surface area contributed by atoms with Crippen molar-refractivity contribution in [3.05, 3.63) is 78.6 Å². The van der Waals surface area contributed by atoms with Gasteiger partial charge in [-0.2, -0.15) is 4.31 Å². The van der Waals surface area contributed by atoms with Crippen LogP contribution in [-0.4, -0.2) is 42.2 Å². The molecule has 0 aliphatic heterocycles. The number of anilines is 2. The number of carbonyl (C=O) groups excluding carboxylic acids is 1. The van der Waals surface area contributed by atoms with E-state index in [-0.39, 0.29) is 11.4 Å². The molecule has 0 fully saturated rings. The summed E-state index contributed by atoms with van der Waals surface area (Å²) >= 11 is 1.39. The summed E-state index contributed by atoms with van der Waals surface area (Å²) in [7, 11) is -2.48. The molecule has 4 aromatic rings. The third-order valence-corrected chi connectivity index (χ3v) is 8.05. The number of rotatable bonds is 7. The lowest BCUT2D eigenvalue weighted by atomic mass is 10.0. The number of para-hydroxylation sites is 1. The van der Waals surface area contributed by atoms with Crippen molar-refractivity contribution < 1.29 is 13.2 Å². The Kier molecular flexibility index (Phi) is 6.55. The van der Waals surface area contributed by atoms with Gasteiger partial charge >= 0.3 is 0 Å². The molecule has 33 heavy (non-hydrogen) atoms. The van der Waals surface area contributed by atoms with Crippen LogP contribution in [0.4, 0.5) is 10.8 Å². The van der Waals surface area contributed by atoms with Gasteiger partial charge in [0.15, 0.2) is 5.13 Å². The molecule has 0 saturated heterocycles. The molecule has 2 heterocycles. The first-order valence-electron chi connectivity index (χ1n) is 10.4. The third kappa shape index (κ3) is 4.80. The van der Waals surface area contributed by atoms with Crippen LogP contribution < -0.4 is 4.90 Å². The molecule has 0 bridgehead atoms. The molecule has 0 radical (unpaired) electrons. The Bertz CT molecular complexity index is 1330. The first kappa shape index (κ1) is 23.0. The van der Waals surface area contributed by atoms with Crippen LogP contribution in [0.15, 0.2) is 78.0 Å². The molecule has 1 amide bonds. The second-order valence-electron chi connectivity index (χ2n) is 7.89. The van der Waals surface area contributed by atoms with E-state index >= 15 is 0 Å². The standard InChI is InChI=1S/C24H24N4O3S2/c1-17(2)18-10-12-19(13-11-18)28(24-26-21-8-4-5-9-22(21)32-24)23(29)16-27(3)33(30,31)20-7-6-14-25-15-20/h4-15,17H,16H2,1-3H3. The molecule has 0 saturated carbocycles. The van der Waals surface area contributed by atoms with E-state index in [9.17, 15) is 13.2 Å². The summed E-state index contributed by atoms with van der Waals surface area (Å²) < 4.78 is 27.8. The molecule has 170 valence electrons. The van der Waals surface area contributed by atoms with Gasteiger partial charge in [0.2, 0.25) is 15.9 Å². The largest absolute Gasteiger partial charge is 0.272 e. The molecule has 2 aromatic heterocycles. The molecule has 9 heteroatoms. The summed E-state index contributed by atoms with van der Waals surface area (Å²) in [5.74, 6) is -0.0530. The minimum atomic E-state index is -3.87. The number of sulfonamides is 1. The maximum atomic E-state index is 13.5. The maximum Gasteiger partial charge on any atom is 0.248 e. The van der Waals surface area contributed by atoms with E-state index in [2.05, 4.69) is 23.8 Å². The Hall–Kier alpha value is -3.14. The fraction of sp³-hybridized carbons (Fsp3) is 0.208. The van der Waals surface area contributed by atoms with Crippen LogP contribution in [0.1, 0.15) is 25.3 Å². The Balaban J connectivity index is 1.70. The molecular weight excluding hydrogens is 456 g/mol. The van der Waals surface area contributed by atoms with Crippen molar-refractivity contribution in [3.63, 3.8) is 0 Å². The monoisotopic (exact) mass is 480 g/mol. The van der Waals surface area contributed by atoms with Crippen LogP contribution in [0.25, 0.3) is 10.2 Å². The van der Waals surface area contributed by atoms with Gasteiger partial charge in [0.05, 0.1) is 22.4 Å². The first-order chi connectivity index (χ1) is 15.8. The first-order valence-corrected chi connectivity index (χ1v) is 12.7. The molecule has 0 spiro atoms. The summed E-state index contributed by atoms with van der Waals surface area (Å²) in [6.45, 7) is 3.85. The van der Waals surface area contributed by atoms with Gasteiger partial charge in [-0.1, -0.05) is 49.4 Å². The third-order valence-electron chi connectivity index (χ3n) is 5.24. The number of hydrogen-bond donors (Lipinski definition) is 0. The average Bonchev–Trinajstić information content (AvgIpc) is 3.23. The van der Waals surface area contributed by atoms with Crippen molar-refractivity contribution in [1.82, 2.24) is 14.3 Å². The van der Waals surface area contributed by atoms with Crippen molar-refractivity contribution in [2.75, 3.05) is 18.5 Å². The van der Waals surface area contributed by atoms with E-state index in [0.717, 1.165) is 20.1 Å². The SMILES string of the molecule is CC(C)c1ccc(N(C(=O)CN(C)S(=O)(=O)c2cccnc2)c2nc3ccccc3s2)cc1. The van der Waals surface area contributed by atoms with Crippen molar-refractivity contribution in [2.45, 2.75) is 24.7 Å². The predicted octanol–water partition coefficient (Wildman–Crippen LogP) is 4.80. The lowest BCUT2D eigenvalue weighted by Gasteiger charge is -2.24. The minimum Gasteiger partial charge on any atom is -0.272 e. The van der Waals surface area contributed by atoms with Crippen LogP contribution in [0.3, 0.4) is 0 Å². The van der Waals surface area contributed by atoms with Crippen molar-refractivity contribution in [2.24, 2.45) is 0 Å². The number of carbonyl (C=O) groups is 1. The Morgan fingerprint density at radius 2 is 1.76 bits per heavy atom. The quantitative estimate of drug-likeness (QED) is 0.379. The smallest absolute Gasteiger partial charge is 0.248 e. The van der Waals surface area contributed by atoms with E-state index in [4.69, 9.17) is 0 Å². The normalized spacial score (nSPS) is 11.9.